The molecule has 17 heavy (non-hydrogen) atoms. The Morgan fingerprint density at radius 2 is 2.18 bits per heavy atom. The van der Waals surface area contributed by atoms with Gasteiger partial charge in [0.1, 0.15) is 12.4 Å². The highest BCUT2D eigenvalue weighted by atomic mass is 79.9. The number of aromatic nitrogens is 1. The molecular formula is C12H13BrN2OS. The van der Waals surface area contributed by atoms with Crippen molar-refractivity contribution < 1.29 is 4.74 Å². The van der Waals surface area contributed by atoms with E-state index < -0.39 is 0 Å². The quantitative estimate of drug-likeness (QED) is 0.923. The molecule has 2 heterocycles. The van der Waals surface area contributed by atoms with Crippen LogP contribution in [0.2, 0.25) is 0 Å². The van der Waals surface area contributed by atoms with Crippen LogP contribution >= 0.6 is 27.3 Å². The molecule has 0 fully saturated rings. The highest BCUT2D eigenvalue weighted by Crippen LogP contribution is 2.23. The second-order valence-electron chi connectivity index (χ2n) is 3.52. The largest absolute Gasteiger partial charge is 0.486 e. The lowest BCUT2D eigenvalue weighted by Gasteiger charge is -2.04. The fraction of sp³-hybridized carbons (Fsp3) is 0.250. The summed E-state index contributed by atoms with van der Waals surface area (Å²) in [5.74, 6) is 0.787. The highest BCUT2D eigenvalue weighted by molar-refractivity contribution is 9.11. The standard InChI is InChI=1S/C12H13BrN2OS/c13-12-4-3-11(17-12)8-16-10-2-1-9(5-6-14)15-7-10/h1-4,7H,5-6,8,14H2. The van der Waals surface area contributed by atoms with Gasteiger partial charge in [-0.05, 0) is 46.7 Å². The second-order valence-corrected chi connectivity index (χ2v) is 6.07. The van der Waals surface area contributed by atoms with Crippen molar-refractivity contribution >= 4 is 27.3 Å². The summed E-state index contributed by atoms with van der Waals surface area (Å²) in [4.78, 5) is 5.46. The fourth-order valence-electron chi connectivity index (χ4n) is 1.38. The third-order valence-electron chi connectivity index (χ3n) is 2.21. The molecule has 0 saturated carbocycles. The first-order chi connectivity index (χ1) is 8.28. The molecule has 90 valence electrons. The van der Waals surface area contributed by atoms with Crippen LogP contribution in [0.1, 0.15) is 10.6 Å². The minimum atomic E-state index is 0.578. The van der Waals surface area contributed by atoms with E-state index in [0.717, 1.165) is 21.7 Å². The minimum Gasteiger partial charge on any atom is -0.486 e. The van der Waals surface area contributed by atoms with Gasteiger partial charge in [0.2, 0.25) is 0 Å². The van der Waals surface area contributed by atoms with Crippen molar-refractivity contribution in [1.29, 1.82) is 0 Å². The van der Waals surface area contributed by atoms with E-state index in [4.69, 9.17) is 10.5 Å². The first-order valence-electron chi connectivity index (χ1n) is 5.30. The molecule has 0 aliphatic rings. The van der Waals surface area contributed by atoms with Gasteiger partial charge in [-0.25, -0.2) is 0 Å². The van der Waals surface area contributed by atoms with Crippen LogP contribution in [0.5, 0.6) is 5.75 Å². The number of nitrogens with two attached hydrogens (primary N) is 1. The second kappa shape index (κ2) is 6.14. The Kier molecular flexibility index (Phi) is 4.53. The van der Waals surface area contributed by atoms with E-state index in [1.165, 1.54) is 4.88 Å². The molecule has 3 nitrogen and oxygen atoms in total. The monoisotopic (exact) mass is 312 g/mol. The van der Waals surface area contributed by atoms with Gasteiger partial charge in [-0.3, -0.25) is 4.98 Å². The molecule has 0 spiro atoms. The summed E-state index contributed by atoms with van der Waals surface area (Å²) in [6, 6.07) is 7.95. The Hall–Kier alpha value is -0.910. The lowest BCUT2D eigenvalue weighted by Crippen LogP contribution is -2.04. The number of hydrogen-bond acceptors (Lipinski definition) is 4. The van der Waals surface area contributed by atoms with Crippen molar-refractivity contribution in [2.24, 2.45) is 5.73 Å². The summed E-state index contributed by atoms with van der Waals surface area (Å²) in [6.45, 7) is 1.20. The molecule has 0 amide bonds. The molecule has 0 aliphatic heterocycles. The van der Waals surface area contributed by atoms with Gasteiger partial charge in [0, 0.05) is 17.0 Å². The lowest BCUT2D eigenvalue weighted by atomic mass is 10.3. The summed E-state index contributed by atoms with van der Waals surface area (Å²) >= 11 is 5.10. The van der Waals surface area contributed by atoms with E-state index >= 15 is 0 Å². The van der Waals surface area contributed by atoms with Crippen LogP contribution in [0.4, 0.5) is 0 Å². The minimum absolute atomic E-state index is 0.578. The molecule has 2 N–H and O–H groups in total. The van der Waals surface area contributed by atoms with Crippen molar-refractivity contribution in [2.75, 3.05) is 6.54 Å². The number of halogens is 1. The maximum absolute atomic E-state index is 5.63. The normalized spacial score (nSPS) is 10.5. The van der Waals surface area contributed by atoms with Crippen LogP contribution in [0.15, 0.2) is 34.2 Å². The first kappa shape index (κ1) is 12.5. The van der Waals surface area contributed by atoms with Crippen molar-refractivity contribution in [3.63, 3.8) is 0 Å². The Balaban J connectivity index is 1.90. The zero-order chi connectivity index (χ0) is 12.1. The van der Waals surface area contributed by atoms with Crippen molar-refractivity contribution in [3.05, 3.63) is 44.8 Å². The molecule has 0 radical (unpaired) electrons. The van der Waals surface area contributed by atoms with E-state index in [0.29, 0.717) is 13.2 Å². The number of nitrogens with zero attached hydrogens (tertiary/aromatic N) is 1. The Morgan fingerprint density at radius 3 is 2.76 bits per heavy atom. The molecular weight excluding hydrogens is 300 g/mol. The van der Waals surface area contributed by atoms with Gasteiger partial charge in [0.05, 0.1) is 9.98 Å². The van der Waals surface area contributed by atoms with Gasteiger partial charge in [0.25, 0.3) is 0 Å². The first-order valence-corrected chi connectivity index (χ1v) is 6.91. The molecule has 0 bridgehead atoms. The molecule has 0 atom stereocenters. The topological polar surface area (TPSA) is 48.1 Å². The SMILES string of the molecule is NCCc1ccc(OCc2ccc(Br)s2)cn1. The number of rotatable bonds is 5. The van der Waals surface area contributed by atoms with Crippen LogP contribution in [-0.4, -0.2) is 11.5 Å². The Morgan fingerprint density at radius 1 is 1.29 bits per heavy atom. The summed E-state index contributed by atoms with van der Waals surface area (Å²) in [5, 5.41) is 0. The molecule has 2 aromatic heterocycles. The van der Waals surface area contributed by atoms with Crippen LogP contribution in [0.25, 0.3) is 0 Å². The Labute approximate surface area is 113 Å². The van der Waals surface area contributed by atoms with Crippen molar-refractivity contribution in [3.8, 4) is 5.75 Å². The van der Waals surface area contributed by atoms with Gasteiger partial charge in [0.15, 0.2) is 0 Å². The van der Waals surface area contributed by atoms with Gasteiger partial charge < -0.3 is 10.5 Å². The van der Waals surface area contributed by atoms with Gasteiger partial charge >= 0.3 is 0 Å². The lowest BCUT2D eigenvalue weighted by molar-refractivity contribution is 0.308. The molecule has 0 aromatic carbocycles. The number of hydrogen-bond donors (Lipinski definition) is 1. The van der Waals surface area contributed by atoms with Crippen molar-refractivity contribution in [2.45, 2.75) is 13.0 Å². The summed E-state index contributed by atoms with van der Waals surface area (Å²) in [7, 11) is 0. The maximum Gasteiger partial charge on any atom is 0.138 e. The number of ether oxygens (including phenoxy) is 1. The molecule has 5 heteroatoms. The smallest absolute Gasteiger partial charge is 0.138 e. The van der Waals surface area contributed by atoms with E-state index in [9.17, 15) is 0 Å². The van der Waals surface area contributed by atoms with Gasteiger partial charge in [-0.15, -0.1) is 11.3 Å². The van der Waals surface area contributed by atoms with Gasteiger partial charge in [-0.1, -0.05) is 0 Å². The van der Waals surface area contributed by atoms with Crippen LogP contribution < -0.4 is 10.5 Å². The third kappa shape index (κ3) is 3.80. The summed E-state index contributed by atoms with van der Waals surface area (Å²) < 4.78 is 6.75. The molecule has 2 rings (SSSR count). The molecule has 0 unspecified atom stereocenters. The molecule has 2 aromatic rings. The van der Waals surface area contributed by atoms with Crippen LogP contribution in [0.3, 0.4) is 0 Å². The predicted octanol–water partition coefficient (Wildman–Crippen LogP) is 2.99. The maximum atomic E-state index is 5.63. The highest BCUT2D eigenvalue weighted by Gasteiger charge is 2.00. The van der Waals surface area contributed by atoms with Crippen LogP contribution in [0, 0.1) is 0 Å². The average Bonchev–Trinajstić information content (AvgIpc) is 2.75. The van der Waals surface area contributed by atoms with E-state index in [2.05, 4.69) is 20.9 Å². The Bertz CT molecular complexity index is 470. The van der Waals surface area contributed by atoms with Crippen molar-refractivity contribution in [1.82, 2.24) is 4.98 Å². The predicted molar refractivity (Wildman–Crippen MR) is 73.3 cm³/mol. The van der Waals surface area contributed by atoms with E-state index in [1.807, 2.05) is 24.3 Å². The average molecular weight is 313 g/mol. The van der Waals surface area contributed by atoms with Gasteiger partial charge in [-0.2, -0.15) is 0 Å². The number of thiophene rings is 1. The van der Waals surface area contributed by atoms with E-state index in [1.54, 1.807) is 17.5 Å². The molecule has 0 aliphatic carbocycles. The zero-order valence-corrected chi connectivity index (χ0v) is 11.6. The fourth-order valence-corrected chi connectivity index (χ4v) is 2.77. The third-order valence-corrected chi connectivity index (χ3v) is 3.81. The summed E-state index contributed by atoms with van der Waals surface area (Å²) in [6.07, 6.45) is 2.55. The molecule has 0 saturated heterocycles. The van der Waals surface area contributed by atoms with E-state index in [-0.39, 0.29) is 0 Å². The van der Waals surface area contributed by atoms with Crippen LogP contribution in [-0.2, 0) is 13.0 Å². The zero-order valence-electron chi connectivity index (χ0n) is 9.23. The summed E-state index contributed by atoms with van der Waals surface area (Å²) in [5.41, 5.74) is 6.46. The number of pyridine rings is 1.